The Bertz CT molecular complexity index is 820. The van der Waals surface area contributed by atoms with Crippen LogP contribution in [0.5, 0.6) is 0 Å². The molecule has 0 N–H and O–H groups in total. The van der Waals surface area contributed by atoms with Crippen molar-refractivity contribution in [3.05, 3.63) is 63.1 Å². The molecule has 0 aromatic heterocycles. The zero-order valence-electron chi connectivity index (χ0n) is 12.4. The van der Waals surface area contributed by atoms with E-state index in [1.54, 1.807) is 0 Å². The van der Waals surface area contributed by atoms with Crippen molar-refractivity contribution in [3.8, 4) is 0 Å². The lowest BCUT2D eigenvalue weighted by molar-refractivity contribution is 0.428. The van der Waals surface area contributed by atoms with Crippen molar-refractivity contribution in [1.82, 2.24) is 0 Å². The molecule has 0 saturated carbocycles. The number of alkyl halides is 1. The van der Waals surface area contributed by atoms with Crippen LogP contribution in [-0.4, -0.2) is 6.17 Å². The molecule has 0 fully saturated rings. The smallest absolute Gasteiger partial charge is 0.123 e. The average molecular weight is 278 g/mol. The van der Waals surface area contributed by atoms with Gasteiger partial charge in [0.2, 0.25) is 0 Å². The first kappa shape index (κ1) is 12.8. The lowest BCUT2D eigenvalue weighted by atomic mass is 9.72. The van der Waals surface area contributed by atoms with Crippen LogP contribution in [0.2, 0.25) is 0 Å². The van der Waals surface area contributed by atoms with Gasteiger partial charge in [0.05, 0.1) is 0 Å². The lowest BCUT2D eigenvalue weighted by Crippen LogP contribution is -2.37. The summed E-state index contributed by atoms with van der Waals surface area (Å²) in [4.78, 5) is 0. The van der Waals surface area contributed by atoms with Gasteiger partial charge in [-0.3, -0.25) is 0 Å². The molecule has 0 radical (unpaired) electrons. The molecule has 106 valence electrons. The van der Waals surface area contributed by atoms with Gasteiger partial charge in [0.15, 0.2) is 0 Å². The molecule has 0 bridgehead atoms. The number of allylic oxidation sites excluding steroid dienone is 5. The number of halogens is 1. The lowest BCUT2D eigenvalue weighted by Gasteiger charge is -2.32. The van der Waals surface area contributed by atoms with Gasteiger partial charge in [-0.05, 0) is 47.1 Å². The molecule has 3 atom stereocenters. The summed E-state index contributed by atoms with van der Waals surface area (Å²) >= 11 is 0. The minimum atomic E-state index is -0.850. The van der Waals surface area contributed by atoms with Crippen molar-refractivity contribution >= 4 is 18.2 Å². The fourth-order valence-electron chi connectivity index (χ4n) is 3.93. The molecular formula is C20H19F. The molecule has 3 unspecified atom stereocenters. The van der Waals surface area contributed by atoms with E-state index in [1.807, 2.05) is 6.08 Å². The highest BCUT2D eigenvalue weighted by atomic mass is 19.1. The van der Waals surface area contributed by atoms with Gasteiger partial charge in [-0.25, -0.2) is 4.39 Å². The van der Waals surface area contributed by atoms with Gasteiger partial charge in [0.1, 0.15) is 6.17 Å². The second kappa shape index (κ2) is 4.56. The average Bonchev–Trinajstić information content (AvgIpc) is 2.49. The van der Waals surface area contributed by atoms with Gasteiger partial charge in [0, 0.05) is 18.3 Å². The van der Waals surface area contributed by atoms with Gasteiger partial charge in [-0.2, -0.15) is 0 Å². The van der Waals surface area contributed by atoms with Crippen molar-refractivity contribution in [2.24, 2.45) is 5.92 Å². The quantitative estimate of drug-likeness (QED) is 0.681. The van der Waals surface area contributed by atoms with E-state index >= 15 is 0 Å². The summed E-state index contributed by atoms with van der Waals surface area (Å²) < 4.78 is 13.9. The van der Waals surface area contributed by atoms with Crippen LogP contribution in [-0.2, 0) is 0 Å². The maximum Gasteiger partial charge on any atom is 0.123 e. The standard InChI is InChI=1S/C20H19F/c1-12-10-19-18(17-6-4-3-5-15(12)17)9-13(2)16-8-7-14(21)11-20(16)19/h3-6,8-11,14-15,17H,7H2,1-2H3. The Labute approximate surface area is 124 Å². The molecular weight excluding hydrogens is 259 g/mol. The number of fused-ring (bicyclic) bond motifs is 5. The van der Waals surface area contributed by atoms with Crippen molar-refractivity contribution in [2.45, 2.75) is 32.4 Å². The Balaban J connectivity index is 2.08. The Morgan fingerprint density at radius 1 is 1.05 bits per heavy atom. The van der Waals surface area contributed by atoms with Crippen molar-refractivity contribution in [1.29, 1.82) is 0 Å². The third kappa shape index (κ3) is 1.87. The fourth-order valence-corrected chi connectivity index (χ4v) is 3.93. The Morgan fingerprint density at radius 2 is 1.81 bits per heavy atom. The summed E-state index contributed by atoms with van der Waals surface area (Å²) in [7, 11) is 0. The van der Waals surface area contributed by atoms with Crippen LogP contribution in [0.25, 0.3) is 18.2 Å². The van der Waals surface area contributed by atoms with E-state index in [-0.39, 0.29) is 0 Å². The SMILES string of the molecule is CC1=Cc2c(cc(C)c3c2=CC(F)CC=3)C2C=CC=CC12. The molecule has 1 aromatic rings. The molecule has 0 aliphatic heterocycles. The van der Waals surface area contributed by atoms with Crippen molar-refractivity contribution in [2.75, 3.05) is 0 Å². The summed E-state index contributed by atoms with van der Waals surface area (Å²) in [5, 5.41) is 2.32. The zero-order valence-corrected chi connectivity index (χ0v) is 12.4. The van der Waals surface area contributed by atoms with E-state index in [4.69, 9.17) is 0 Å². The number of hydrogen-bond donors (Lipinski definition) is 0. The maximum absolute atomic E-state index is 13.9. The molecule has 0 nitrogen and oxygen atoms in total. The molecule has 1 heteroatoms. The summed E-state index contributed by atoms with van der Waals surface area (Å²) in [5.74, 6) is 0.848. The molecule has 0 spiro atoms. The molecule has 0 saturated heterocycles. The highest BCUT2D eigenvalue weighted by Gasteiger charge is 2.28. The molecule has 3 aliphatic carbocycles. The topological polar surface area (TPSA) is 0 Å². The van der Waals surface area contributed by atoms with E-state index in [1.165, 1.54) is 27.5 Å². The summed E-state index contributed by atoms with van der Waals surface area (Å²) in [6.07, 6.45) is 14.6. The number of rotatable bonds is 0. The van der Waals surface area contributed by atoms with Gasteiger partial charge in [0.25, 0.3) is 0 Å². The minimum Gasteiger partial charge on any atom is -0.243 e. The normalized spacial score (nSPS) is 28.7. The second-order valence-corrected chi connectivity index (χ2v) is 6.36. The van der Waals surface area contributed by atoms with Crippen LogP contribution in [0, 0.1) is 12.8 Å². The van der Waals surface area contributed by atoms with Gasteiger partial charge in [-0.15, -0.1) is 0 Å². The van der Waals surface area contributed by atoms with Crippen LogP contribution in [0.4, 0.5) is 4.39 Å². The van der Waals surface area contributed by atoms with Crippen LogP contribution in [0.15, 0.2) is 35.9 Å². The molecule has 21 heavy (non-hydrogen) atoms. The van der Waals surface area contributed by atoms with Crippen molar-refractivity contribution in [3.63, 3.8) is 0 Å². The highest BCUT2D eigenvalue weighted by molar-refractivity contribution is 5.67. The Hall–Kier alpha value is -1.89. The second-order valence-electron chi connectivity index (χ2n) is 6.36. The van der Waals surface area contributed by atoms with E-state index in [2.05, 4.69) is 56.4 Å². The predicted octanol–water partition coefficient (Wildman–Crippen LogP) is 3.54. The summed E-state index contributed by atoms with van der Waals surface area (Å²) in [6, 6.07) is 2.31. The van der Waals surface area contributed by atoms with E-state index in [9.17, 15) is 4.39 Å². The van der Waals surface area contributed by atoms with Crippen LogP contribution in [0.1, 0.15) is 36.0 Å². The van der Waals surface area contributed by atoms with E-state index in [0.29, 0.717) is 18.3 Å². The first-order valence-electron chi connectivity index (χ1n) is 7.68. The largest absolute Gasteiger partial charge is 0.243 e. The fraction of sp³-hybridized carbons (Fsp3) is 0.300. The first-order chi connectivity index (χ1) is 10.1. The first-order valence-corrected chi connectivity index (χ1v) is 7.68. The van der Waals surface area contributed by atoms with Gasteiger partial charge >= 0.3 is 0 Å². The van der Waals surface area contributed by atoms with Gasteiger partial charge < -0.3 is 0 Å². The third-order valence-corrected chi connectivity index (χ3v) is 4.97. The van der Waals surface area contributed by atoms with Crippen LogP contribution >= 0.6 is 0 Å². The minimum absolute atomic E-state index is 0.396. The summed E-state index contributed by atoms with van der Waals surface area (Å²) in [5.41, 5.74) is 5.21. The Morgan fingerprint density at radius 3 is 2.62 bits per heavy atom. The monoisotopic (exact) mass is 278 g/mol. The van der Waals surface area contributed by atoms with Crippen molar-refractivity contribution < 1.29 is 4.39 Å². The Kier molecular flexibility index (Phi) is 2.78. The van der Waals surface area contributed by atoms with Gasteiger partial charge in [-0.1, -0.05) is 48.1 Å². The van der Waals surface area contributed by atoms with Crippen LogP contribution in [0.3, 0.4) is 0 Å². The number of hydrogen-bond acceptors (Lipinski definition) is 0. The van der Waals surface area contributed by atoms with E-state index in [0.717, 1.165) is 5.22 Å². The molecule has 3 aliphatic rings. The highest BCUT2D eigenvalue weighted by Crippen LogP contribution is 2.40. The third-order valence-electron chi connectivity index (χ3n) is 4.97. The molecule has 0 heterocycles. The predicted molar refractivity (Wildman–Crippen MR) is 87.0 cm³/mol. The molecule has 0 amide bonds. The molecule has 4 rings (SSSR count). The van der Waals surface area contributed by atoms with Crippen LogP contribution < -0.4 is 10.4 Å². The number of benzene rings is 1. The number of aryl methyl sites for hydroxylation is 1. The zero-order chi connectivity index (χ0) is 14.6. The molecule has 1 aromatic carbocycles. The van der Waals surface area contributed by atoms with E-state index < -0.39 is 6.17 Å². The maximum atomic E-state index is 13.9. The summed E-state index contributed by atoms with van der Waals surface area (Å²) in [6.45, 7) is 4.33.